The van der Waals surface area contributed by atoms with E-state index >= 15 is 0 Å². The molecule has 0 aliphatic carbocycles. The average Bonchev–Trinajstić information content (AvgIpc) is 3.45. The first-order valence-electron chi connectivity index (χ1n) is 12.8. The second-order valence-corrected chi connectivity index (χ2v) is 9.21. The van der Waals surface area contributed by atoms with Gasteiger partial charge in [0.05, 0.1) is 14.2 Å². The van der Waals surface area contributed by atoms with Crippen LogP contribution in [0.2, 0.25) is 0 Å². The fraction of sp³-hybridized carbons (Fsp3) is 0.258. The third-order valence-corrected chi connectivity index (χ3v) is 6.35. The molecule has 8 heteroatoms. The van der Waals surface area contributed by atoms with E-state index in [4.69, 9.17) is 14.0 Å². The highest BCUT2D eigenvalue weighted by atomic mass is 16.5. The van der Waals surface area contributed by atoms with Gasteiger partial charge < -0.3 is 23.8 Å². The first-order chi connectivity index (χ1) is 19.0. The van der Waals surface area contributed by atoms with Crippen molar-refractivity contribution in [2.24, 2.45) is 0 Å². The highest BCUT2D eigenvalue weighted by Gasteiger charge is 2.15. The SMILES string of the molecule is COc1ccc(CCN(CCc2nc(-c3ccc(N(C)C)cc3)no2)C(=O)/C=C/c2ccccc2)cc1OC. The molecule has 0 fully saturated rings. The van der Waals surface area contributed by atoms with Crippen molar-refractivity contribution in [3.05, 3.63) is 95.9 Å². The van der Waals surface area contributed by atoms with E-state index < -0.39 is 0 Å². The number of benzene rings is 3. The number of ether oxygens (including phenoxy) is 2. The molecule has 0 saturated carbocycles. The van der Waals surface area contributed by atoms with Gasteiger partial charge in [0.25, 0.3) is 0 Å². The number of hydrogen-bond acceptors (Lipinski definition) is 7. The Morgan fingerprint density at radius 3 is 2.31 bits per heavy atom. The molecule has 0 aliphatic rings. The number of anilines is 1. The monoisotopic (exact) mass is 526 g/mol. The van der Waals surface area contributed by atoms with Crippen LogP contribution in [0.15, 0.2) is 83.4 Å². The summed E-state index contributed by atoms with van der Waals surface area (Å²) in [5, 5.41) is 4.15. The summed E-state index contributed by atoms with van der Waals surface area (Å²) in [5.74, 6) is 2.26. The Morgan fingerprint density at radius 2 is 1.62 bits per heavy atom. The van der Waals surface area contributed by atoms with Crippen molar-refractivity contribution in [1.82, 2.24) is 15.0 Å². The molecule has 202 valence electrons. The van der Waals surface area contributed by atoms with Crippen LogP contribution in [-0.2, 0) is 17.6 Å². The van der Waals surface area contributed by atoms with E-state index in [1.807, 2.05) is 97.9 Å². The van der Waals surface area contributed by atoms with Gasteiger partial charge in [0, 0.05) is 50.9 Å². The molecule has 4 aromatic rings. The van der Waals surface area contributed by atoms with Crippen molar-refractivity contribution in [3.63, 3.8) is 0 Å². The largest absolute Gasteiger partial charge is 0.493 e. The quantitative estimate of drug-likeness (QED) is 0.236. The van der Waals surface area contributed by atoms with E-state index in [2.05, 4.69) is 10.1 Å². The molecule has 0 atom stereocenters. The molecule has 0 saturated heterocycles. The minimum Gasteiger partial charge on any atom is -0.493 e. The Hall–Kier alpha value is -4.59. The van der Waals surface area contributed by atoms with E-state index in [9.17, 15) is 4.79 Å². The molecule has 0 unspecified atom stereocenters. The first-order valence-corrected chi connectivity index (χ1v) is 12.8. The van der Waals surface area contributed by atoms with E-state index in [-0.39, 0.29) is 5.91 Å². The second-order valence-electron chi connectivity index (χ2n) is 9.21. The van der Waals surface area contributed by atoms with Crippen molar-refractivity contribution < 1.29 is 18.8 Å². The third-order valence-electron chi connectivity index (χ3n) is 6.35. The predicted molar refractivity (Wildman–Crippen MR) is 153 cm³/mol. The molecule has 8 nitrogen and oxygen atoms in total. The van der Waals surface area contributed by atoms with Crippen molar-refractivity contribution >= 4 is 17.7 Å². The molecule has 1 heterocycles. The molecule has 0 aliphatic heterocycles. The van der Waals surface area contributed by atoms with Gasteiger partial charge in [0.15, 0.2) is 11.5 Å². The maximum atomic E-state index is 13.2. The van der Waals surface area contributed by atoms with Crippen LogP contribution < -0.4 is 14.4 Å². The summed E-state index contributed by atoms with van der Waals surface area (Å²) in [4.78, 5) is 21.6. The lowest BCUT2D eigenvalue weighted by Crippen LogP contribution is -2.33. The van der Waals surface area contributed by atoms with Crippen molar-refractivity contribution in [3.8, 4) is 22.9 Å². The van der Waals surface area contributed by atoms with Crippen LogP contribution in [0.5, 0.6) is 11.5 Å². The lowest BCUT2D eigenvalue weighted by Gasteiger charge is -2.21. The van der Waals surface area contributed by atoms with E-state index in [1.165, 1.54) is 0 Å². The summed E-state index contributed by atoms with van der Waals surface area (Å²) in [6, 6.07) is 23.5. The summed E-state index contributed by atoms with van der Waals surface area (Å²) in [7, 11) is 7.21. The molecule has 0 bridgehead atoms. The molecule has 4 rings (SSSR count). The number of amides is 1. The molecule has 39 heavy (non-hydrogen) atoms. The Morgan fingerprint density at radius 1 is 0.897 bits per heavy atom. The lowest BCUT2D eigenvalue weighted by atomic mass is 10.1. The minimum atomic E-state index is -0.0849. The standard InChI is InChI=1S/C31H34N4O4/c1-34(2)26-14-12-25(13-15-26)31-32-29(39-33-31)19-21-35(30(36)17-11-23-8-6-5-7-9-23)20-18-24-10-16-27(37-3)28(22-24)38-4/h5-17,22H,18-21H2,1-4H3/b17-11+. The van der Waals surface area contributed by atoms with E-state index in [0.29, 0.717) is 49.1 Å². The maximum Gasteiger partial charge on any atom is 0.246 e. The van der Waals surface area contributed by atoms with Gasteiger partial charge in [0.2, 0.25) is 17.6 Å². The van der Waals surface area contributed by atoms with Crippen LogP contribution in [0.25, 0.3) is 17.5 Å². The number of carbonyl (C=O) groups is 1. The fourth-order valence-corrected chi connectivity index (χ4v) is 4.08. The van der Waals surface area contributed by atoms with Gasteiger partial charge in [0.1, 0.15) is 0 Å². The van der Waals surface area contributed by atoms with Gasteiger partial charge in [-0.1, -0.05) is 41.6 Å². The molecule has 3 aromatic carbocycles. The Bertz CT molecular complexity index is 1380. The normalized spacial score (nSPS) is 11.0. The van der Waals surface area contributed by atoms with Crippen molar-refractivity contribution in [2.75, 3.05) is 46.3 Å². The molecule has 1 amide bonds. The van der Waals surface area contributed by atoms with Crippen LogP contribution in [0.1, 0.15) is 17.0 Å². The van der Waals surface area contributed by atoms with Crippen LogP contribution in [0.3, 0.4) is 0 Å². The zero-order chi connectivity index (χ0) is 27.6. The second kappa shape index (κ2) is 13.3. The van der Waals surface area contributed by atoms with E-state index in [0.717, 1.165) is 22.4 Å². The zero-order valence-corrected chi connectivity index (χ0v) is 22.8. The third kappa shape index (κ3) is 7.47. The van der Waals surface area contributed by atoms with Crippen LogP contribution in [0.4, 0.5) is 5.69 Å². The Labute approximate surface area is 229 Å². The Kier molecular flexibility index (Phi) is 9.34. The minimum absolute atomic E-state index is 0.0849. The van der Waals surface area contributed by atoms with Gasteiger partial charge in [-0.05, 0) is 60.0 Å². The maximum absolute atomic E-state index is 13.2. The topological polar surface area (TPSA) is 80.9 Å². The Balaban J connectivity index is 1.45. The zero-order valence-electron chi connectivity index (χ0n) is 22.8. The molecule has 0 radical (unpaired) electrons. The van der Waals surface area contributed by atoms with Crippen molar-refractivity contribution in [2.45, 2.75) is 12.8 Å². The number of rotatable bonds is 12. The number of nitrogens with zero attached hydrogens (tertiary/aromatic N) is 4. The molecule has 1 aromatic heterocycles. The van der Waals surface area contributed by atoms with Crippen LogP contribution >= 0.6 is 0 Å². The van der Waals surface area contributed by atoms with Crippen LogP contribution in [-0.4, -0.2) is 62.4 Å². The molecule has 0 spiro atoms. The first kappa shape index (κ1) is 27.4. The number of hydrogen-bond donors (Lipinski definition) is 0. The van der Waals surface area contributed by atoms with Gasteiger partial charge in [-0.25, -0.2) is 0 Å². The molecule has 0 N–H and O–H groups in total. The highest BCUT2D eigenvalue weighted by Crippen LogP contribution is 2.28. The van der Waals surface area contributed by atoms with Gasteiger partial charge in [-0.15, -0.1) is 0 Å². The van der Waals surface area contributed by atoms with Crippen molar-refractivity contribution in [1.29, 1.82) is 0 Å². The van der Waals surface area contributed by atoms with Gasteiger partial charge in [-0.2, -0.15) is 4.98 Å². The number of carbonyl (C=O) groups excluding carboxylic acids is 1. The summed E-state index contributed by atoms with van der Waals surface area (Å²) < 4.78 is 16.3. The van der Waals surface area contributed by atoms with E-state index in [1.54, 1.807) is 25.2 Å². The summed E-state index contributed by atoms with van der Waals surface area (Å²) in [5.41, 5.74) is 3.98. The average molecular weight is 527 g/mol. The van der Waals surface area contributed by atoms with Gasteiger partial charge in [-0.3, -0.25) is 4.79 Å². The fourth-order valence-electron chi connectivity index (χ4n) is 4.08. The summed E-state index contributed by atoms with van der Waals surface area (Å²) in [6.07, 6.45) is 4.53. The smallest absolute Gasteiger partial charge is 0.246 e. The van der Waals surface area contributed by atoms with Gasteiger partial charge >= 0.3 is 0 Å². The molecular weight excluding hydrogens is 492 g/mol. The predicted octanol–water partition coefficient (Wildman–Crippen LogP) is 5.15. The highest BCUT2D eigenvalue weighted by molar-refractivity contribution is 5.91. The number of methoxy groups -OCH3 is 2. The van der Waals surface area contributed by atoms with Crippen LogP contribution in [0, 0.1) is 0 Å². The number of aromatic nitrogens is 2. The molecular formula is C31H34N4O4. The summed E-state index contributed by atoms with van der Waals surface area (Å²) in [6.45, 7) is 0.951. The lowest BCUT2D eigenvalue weighted by molar-refractivity contribution is -0.126. The summed E-state index contributed by atoms with van der Waals surface area (Å²) >= 11 is 0.